The number of rotatable bonds is 8. The highest BCUT2D eigenvalue weighted by molar-refractivity contribution is 7.91. The van der Waals surface area contributed by atoms with Gasteiger partial charge in [-0.25, -0.2) is 13.2 Å². The molecule has 1 fully saturated rings. The number of sulfone groups is 1. The minimum absolute atomic E-state index is 0.0898. The maximum Gasteiger partial charge on any atom is 0.416 e. The average Bonchev–Trinajstić information content (AvgIpc) is 3.27. The van der Waals surface area contributed by atoms with Gasteiger partial charge in [0.05, 0.1) is 33.0 Å². The number of alkyl halides is 3. The van der Waals surface area contributed by atoms with Crippen molar-refractivity contribution in [3.05, 3.63) is 57.1 Å². The van der Waals surface area contributed by atoms with Crippen molar-refractivity contribution in [2.75, 3.05) is 24.6 Å². The van der Waals surface area contributed by atoms with Gasteiger partial charge in [-0.3, -0.25) is 9.69 Å². The first kappa shape index (κ1) is 30.0. The van der Waals surface area contributed by atoms with Crippen LogP contribution in [0, 0.1) is 11.3 Å². The summed E-state index contributed by atoms with van der Waals surface area (Å²) in [7, 11) is -3.70. The molecular formula is C24H25ClF3N5O5S. The third-order valence-electron chi connectivity index (χ3n) is 6.30. The predicted molar refractivity (Wildman–Crippen MR) is 136 cm³/mol. The molecule has 0 saturated carbocycles. The van der Waals surface area contributed by atoms with Gasteiger partial charge in [0.15, 0.2) is 9.84 Å². The molecule has 1 heterocycles. The molecule has 1 atom stereocenters. The van der Waals surface area contributed by atoms with E-state index in [0.29, 0.717) is 12.5 Å². The lowest BCUT2D eigenvalue weighted by Crippen LogP contribution is -2.36. The number of amides is 2. The minimum Gasteiger partial charge on any atom is -0.465 e. The number of halogens is 4. The molecule has 1 saturated heterocycles. The molecule has 5 N–H and O–H groups in total. The van der Waals surface area contributed by atoms with Gasteiger partial charge in [-0.05, 0) is 41.8 Å². The molecular weight excluding hydrogens is 563 g/mol. The van der Waals surface area contributed by atoms with Crippen LogP contribution in [0.15, 0.2) is 29.2 Å². The van der Waals surface area contributed by atoms with Crippen LogP contribution in [0.25, 0.3) is 0 Å². The number of carboxylic acid groups (broad SMARTS) is 1. The Kier molecular flexibility index (Phi) is 8.99. The summed E-state index contributed by atoms with van der Waals surface area (Å²) in [5.41, 5.74) is 2.89. The number of nitrogens with one attached hydrogen (secondary N) is 2. The van der Waals surface area contributed by atoms with E-state index < -0.39 is 62.0 Å². The van der Waals surface area contributed by atoms with Gasteiger partial charge in [0.2, 0.25) is 0 Å². The van der Waals surface area contributed by atoms with Crippen molar-refractivity contribution >= 4 is 39.1 Å². The van der Waals surface area contributed by atoms with Gasteiger partial charge < -0.3 is 21.5 Å². The summed E-state index contributed by atoms with van der Waals surface area (Å²) < 4.78 is 67.2. The van der Waals surface area contributed by atoms with Crippen molar-refractivity contribution in [1.82, 2.24) is 15.5 Å². The lowest BCUT2D eigenvalue weighted by molar-refractivity contribution is -0.138. The predicted octanol–water partition coefficient (Wildman–Crippen LogP) is 3.38. The molecule has 0 radical (unpaired) electrons. The monoisotopic (exact) mass is 587 g/mol. The van der Waals surface area contributed by atoms with Crippen molar-refractivity contribution in [1.29, 1.82) is 5.26 Å². The number of benzene rings is 2. The Bertz CT molecular complexity index is 1440. The van der Waals surface area contributed by atoms with Gasteiger partial charge in [0.1, 0.15) is 6.07 Å². The second-order valence-electron chi connectivity index (χ2n) is 8.86. The number of hydrogen-bond donors (Lipinski definition) is 4. The first-order valence-corrected chi connectivity index (χ1v) is 13.6. The number of nitrogen functional groups attached to an aromatic ring is 1. The lowest BCUT2D eigenvalue weighted by Gasteiger charge is -2.23. The van der Waals surface area contributed by atoms with E-state index in [1.807, 2.05) is 0 Å². The second-order valence-corrected chi connectivity index (χ2v) is 11.5. The number of nitrogens with two attached hydrogens (primary N) is 1. The van der Waals surface area contributed by atoms with Crippen molar-refractivity contribution in [3.8, 4) is 6.07 Å². The van der Waals surface area contributed by atoms with Crippen LogP contribution in [-0.2, 0) is 29.1 Å². The number of nitriles is 1. The molecule has 2 amide bonds. The molecule has 39 heavy (non-hydrogen) atoms. The summed E-state index contributed by atoms with van der Waals surface area (Å²) in [6, 6.07) is 5.70. The third kappa shape index (κ3) is 6.92. The van der Waals surface area contributed by atoms with Crippen LogP contribution in [0.4, 0.5) is 23.7 Å². The van der Waals surface area contributed by atoms with Gasteiger partial charge in [-0.2, -0.15) is 18.4 Å². The zero-order chi connectivity index (χ0) is 29.1. The van der Waals surface area contributed by atoms with Gasteiger partial charge in [-0.1, -0.05) is 18.5 Å². The zero-order valence-corrected chi connectivity index (χ0v) is 22.2. The first-order valence-electron chi connectivity index (χ1n) is 11.6. The van der Waals surface area contributed by atoms with Crippen LogP contribution in [0.3, 0.4) is 0 Å². The fourth-order valence-corrected chi connectivity index (χ4v) is 5.69. The van der Waals surface area contributed by atoms with Gasteiger partial charge >= 0.3 is 12.3 Å². The Labute approximate surface area is 227 Å². The molecule has 3 rings (SSSR count). The number of anilines is 1. The van der Waals surface area contributed by atoms with E-state index in [1.54, 1.807) is 11.0 Å². The molecule has 0 aliphatic carbocycles. The van der Waals surface area contributed by atoms with Crippen LogP contribution < -0.4 is 16.4 Å². The van der Waals surface area contributed by atoms with Crippen molar-refractivity contribution in [2.45, 2.75) is 43.5 Å². The standard InChI is InChI=1S/C24H25ClF3N5O5S/c1-2-39(37,38)20-4-3-14(25)7-13(20)10-31-22(34)16-8-19(24(26,27)28)18(17(9-29)21(16)30)12-33-6-5-15(11-33)32-23(35)36/h3-4,7-8,15,32H,2,5-6,10-12,30H2,1H3,(H,31,34)(H,35,36)/t15-/m1/s1. The normalized spacial score (nSPS) is 16.1. The van der Waals surface area contributed by atoms with Gasteiger partial charge in [0.25, 0.3) is 5.91 Å². The van der Waals surface area contributed by atoms with E-state index in [4.69, 9.17) is 22.4 Å². The lowest BCUT2D eigenvalue weighted by atomic mass is 9.94. The average molecular weight is 588 g/mol. The Morgan fingerprint density at radius 3 is 2.59 bits per heavy atom. The van der Waals surface area contributed by atoms with Crippen LogP contribution in [0.5, 0.6) is 0 Å². The second kappa shape index (κ2) is 11.7. The van der Waals surface area contributed by atoms with Crippen LogP contribution in [-0.4, -0.2) is 55.3 Å². The molecule has 1 aliphatic heterocycles. The molecule has 0 spiro atoms. The summed E-state index contributed by atoms with van der Waals surface area (Å²) >= 11 is 5.97. The smallest absolute Gasteiger partial charge is 0.416 e. The van der Waals surface area contributed by atoms with Gasteiger partial charge in [0, 0.05) is 37.2 Å². The zero-order valence-electron chi connectivity index (χ0n) is 20.6. The Morgan fingerprint density at radius 1 is 1.31 bits per heavy atom. The Balaban J connectivity index is 1.95. The third-order valence-corrected chi connectivity index (χ3v) is 8.36. The number of hydrogen-bond acceptors (Lipinski definition) is 7. The molecule has 10 nitrogen and oxygen atoms in total. The maximum absolute atomic E-state index is 14.1. The summed E-state index contributed by atoms with van der Waals surface area (Å²) in [4.78, 5) is 25.3. The summed E-state index contributed by atoms with van der Waals surface area (Å²) in [6.07, 6.45) is -5.84. The number of likely N-dealkylation sites (tertiary alicyclic amines) is 1. The molecule has 0 unspecified atom stereocenters. The summed E-state index contributed by atoms with van der Waals surface area (Å²) in [5, 5.41) is 23.4. The minimum atomic E-state index is -4.95. The van der Waals surface area contributed by atoms with E-state index in [2.05, 4.69) is 10.6 Å². The molecule has 0 aromatic heterocycles. The molecule has 210 valence electrons. The molecule has 2 aromatic rings. The molecule has 0 bridgehead atoms. The molecule has 15 heteroatoms. The van der Waals surface area contributed by atoms with Crippen LogP contribution in [0.1, 0.15) is 46.0 Å². The fraction of sp³-hybridized carbons (Fsp3) is 0.375. The maximum atomic E-state index is 14.1. The van der Waals surface area contributed by atoms with E-state index >= 15 is 0 Å². The van der Waals surface area contributed by atoms with Crippen molar-refractivity contribution in [3.63, 3.8) is 0 Å². The fourth-order valence-electron chi connectivity index (χ4n) is 4.38. The molecule has 1 aliphatic rings. The Hall–Kier alpha value is -3.54. The number of carbonyl (C=O) groups excluding carboxylic acids is 1. The van der Waals surface area contributed by atoms with Crippen LogP contribution in [0.2, 0.25) is 5.02 Å². The highest BCUT2D eigenvalue weighted by atomic mass is 35.5. The first-order chi connectivity index (χ1) is 18.2. The topological polar surface area (TPSA) is 166 Å². The van der Waals surface area contributed by atoms with Crippen molar-refractivity contribution < 1.29 is 36.3 Å². The van der Waals surface area contributed by atoms with Crippen molar-refractivity contribution in [2.24, 2.45) is 0 Å². The van der Waals surface area contributed by atoms with Crippen LogP contribution >= 0.6 is 11.6 Å². The highest BCUT2D eigenvalue weighted by Gasteiger charge is 2.38. The largest absolute Gasteiger partial charge is 0.465 e. The van der Waals surface area contributed by atoms with Gasteiger partial charge in [-0.15, -0.1) is 0 Å². The number of nitrogens with zero attached hydrogens (tertiary/aromatic N) is 2. The van der Waals surface area contributed by atoms with E-state index in [1.165, 1.54) is 25.1 Å². The van der Waals surface area contributed by atoms with E-state index in [9.17, 15) is 36.4 Å². The number of carbonyl (C=O) groups is 2. The molecule has 2 aromatic carbocycles. The highest BCUT2D eigenvalue weighted by Crippen LogP contribution is 2.38. The summed E-state index contributed by atoms with van der Waals surface area (Å²) in [5.74, 6) is -1.28. The quantitative estimate of drug-likeness (QED) is 0.341. The van der Waals surface area contributed by atoms with E-state index in [-0.39, 0.29) is 47.4 Å². The van der Waals surface area contributed by atoms with E-state index in [0.717, 1.165) is 0 Å². The Morgan fingerprint density at radius 2 is 2.00 bits per heavy atom. The SMILES string of the molecule is CCS(=O)(=O)c1ccc(Cl)cc1CNC(=O)c1cc(C(F)(F)F)c(CN2CC[C@@H](NC(=O)O)C2)c(C#N)c1N. The summed E-state index contributed by atoms with van der Waals surface area (Å²) in [6.45, 7) is 1.10.